The van der Waals surface area contributed by atoms with Crippen LogP contribution in [0.25, 0.3) is 0 Å². The number of hydrogen-bond donors (Lipinski definition) is 1. The molecule has 2 heterocycles. The fourth-order valence-electron chi connectivity index (χ4n) is 3.41. The van der Waals surface area contributed by atoms with Crippen molar-refractivity contribution < 1.29 is 23.9 Å². The van der Waals surface area contributed by atoms with Gasteiger partial charge in [0.05, 0.1) is 18.7 Å². The smallest absolute Gasteiger partial charge is 0.338 e. The van der Waals surface area contributed by atoms with E-state index >= 15 is 0 Å². The lowest BCUT2D eigenvalue weighted by molar-refractivity contribution is -0.142. The molecule has 152 valence electrons. The molecular formula is C20H27N3O5. The monoisotopic (exact) mass is 389 g/mol. The summed E-state index contributed by atoms with van der Waals surface area (Å²) < 4.78 is 10.4. The molecule has 1 N–H and O–H groups in total. The third-order valence-corrected chi connectivity index (χ3v) is 4.94. The van der Waals surface area contributed by atoms with Crippen LogP contribution in [-0.4, -0.2) is 79.6 Å². The molecule has 2 amide bonds. The number of carbonyl (C=O) groups is 3. The molecule has 3 rings (SSSR count). The van der Waals surface area contributed by atoms with E-state index in [9.17, 15) is 14.4 Å². The summed E-state index contributed by atoms with van der Waals surface area (Å²) in [4.78, 5) is 40.1. The Hall–Kier alpha value is -2.45. The van der Waals surface area contributed by atoms with Crippen molar-refractivity contribution in [1.29, 1.82) is 0 Å². The topological polar surface area (TPSA) is 88.2 Å². The molecule has 2 saturated heterocycles. The van der Waals surface area contributed by atoms with Crippen molar-refractivity contribution in [2.75, 3.05) is 51.3 Å². The van der Waals surface area contributed by atoms with E-state index in [-0.39, 0.29) is 30.4 Å². The summed E-state index contributed by atoms with van der Waals surface area (Å²) in [6, 6.07) is 6.62. The predicted octanol–water partition coefficient (Wildman–Crippen LogP) is 1.12. The fourth-order valence-corrected chi connectivity index (χ4v) is 3.41. The van der Waals surface area contributed by atoms with Gasteiger partial charge < -0.3 is 19.7 Å². The average Bonchev–Trinajstić information content (AvgIpc) is 3.23. The number of hydrogen-bond acceptors (Lipinski definition) is 6. The number of amides is 2. The highest BCUT2D eigenvalue weighted by Gasteiger charge is 2.30. The Bertz CT molecular complexity index is 692. The van der Waals surface area contributed by atoms with Crippen molar-refractivity contribution in [3.63, 3.8) is 0 Å². The molecule has 0 spiro atoms. The number of piperazine rings is 1. The summed E-state index contributed by atoms with van der Waals surface area (Å²) in [5.74, 6) is -0.429. The van der Waals surface area contributed by atoms with Crippen LogP contribution in [0.3, 0.4) is 0 Å². The second-order valence-electron chi connectivity index (χ2n) is 6.95. The predicted molar refractivity (Wildman–Crippen MR) is 103 cm³/mol. The van der Waals surface area contributed by atoms with Crippen LogP contribution < -0.4 is 5.32 Å². The number of anilines is 1. The van der Waals surface area contributed by atoms with Gasteiger partial charge in [0.1, 0.15) is 6.10 Å². The van der Waals surface area contributed by atoms with E-state index in [1.165, 1.54) is 0 Å². The molecule has 8 nitrogen and oxygen atoms in total. The van der Waals surface area contributed by atoms with Gasteiger partial charge in [0.2, 0.25) is 5.91 Å². The maximum atomic E-state index is 12.4. The summed E-state index contributed by atoms with van der Waals surface area (Å²) in [7, 11) is 0. The molecule has 1 aromatic carbocycles. The molecule has 0 saturated carbocycles. The van der Waals surface area contributed by atoms with Gasteiger partial charge in [-0.25, -0.2) is 4.79 Å². The molecule has 0 aromatic heterocycles. The van der Waals surface area contributed by atoms with Gasteiger partial charge in [-0.05, 0) is 44.0 Å². The van der Waals surface area contributed by atoms with Gasteiger partial charge in [0.15, 0.2) is 0 Å². The molecule has 0 aliphatic carbocycles. The van der Waals surface area contributed by atoms with Crippen LogP contribution in [0.1, 0.15) is 30.1 Å². The summed E-state index contributed by atoms with van der Waals surface area (Å²) >= 11 is 0. The lowest BCUT2D eigenvalue weighted by Gasteiger charge is -2.35. The minimum Gasteiger partial charge on any atom is -0.462 e. The first kappa shape index (κ1) is 20.3. The Morgan fingerprint density at radius 2 is 1.86 bits per heavy atom. The Labute approximate surface area is 164 Å². The van der Waals surface area contributed by atoms with E-state index in [0.717, 1.165) is 12.8 Å². The lowest BCUT2D eigenvalue weighted by Crippen LogP contribution is -2.52. The number of rotatable bonds is 6. The van der Waals surface area contributed by atoms with Crippen LogP contribution >= 0.6 is 0 Å². The first-order valence-corrected chi connectivity index (χ1v) is 9.76. The molecule has 1 aromatic rings. The summed E-state index contributed by atoms with van der Waals surface area (Å²) in [5, 5.41) is 2.83. The van der Waals surface area contributed by atoms with Gasteiger partial charge in [-0.2, -0.15) is 0 Å². The summed E-state index contributed by atoms with van der Waals surface area (Å²) in [5.41, 5.74) is 1.08. The van der Waals surface area contributed by atoms with Crippen LogP contribution in [0.2, 0.25) is 0 Å². The van der Waals surface area contributed by atoms with Crippen molar-refractivity contribution in [2.45, 2.75) is 25.9 Å². The highest BCUT2D eigenvalue weighted by atomic mass is 16.5. The van der Waals surface area contributed by atoms with Gasteiger partial charge in [0.25, 0.3) is 5.91 Å². The third kappa shape index (κ3) is 5.30. The van der Waals surface area contributed by atoms with E-state index < -0.39 is 0 Å². The number of nitrogens with one attached hydrogen (secondary N) is 1. The molecule has 8 heteroatoms. The van der Waals surface area contributed by atoms with Gasteiger partial charge >= 0.3 is 5.97 Å². The van der Waals surface area contributed by atoms with Crippen LogP contribution in [0, 0.1) is 0 Å². The molecule has 0 radical (unpaired) electrons. The Balaban J connectivity index is 1.42. The zero-order valence-electron chi connectivity index (χ0n) is 16.2. The Morgan fingerprint density at radius 1 is 1.14 bits per heavy atom. The average molecular weight is 389 g/mol. The van der Waals surface area contributed by atoms with Crippen molar-refractivity contribution in [3.8, 4) is 0 Å². The molecule has 2 aliphatic rings. The van der Waals surface area contributed by atoms with Crippen LogP contribution in [0.5, 0.6) is 0 Å². The van der Waals surface area contributed by atoms with Crippen molar-refractivity contribution >= 4 is 23.5 Å². The molecule has 0 bridgehead atoms. The van der Waals surface area contributed by atoms with Gasteiger partial charge in [-0.15, -0.1) is 0 Å². The minimum absolute atomic E-state index is 0.0725. The summed E-state index contributed by atoms with van der Waals surface area (Å²) in [6.45, 7) is 5.55. The SMILES string of the molecule is CCOC(=O)c1ccc(NC(=O)CN2CCN(C(=O)[C@H]3CCCO3)CC2)cc1. The van der Waals surface area contributed by atoms with Gasteiger partial charge in [-0.1, -0.05) is 0 Å². The zero-order valence-corrected chi connectivity index (χ0v) is 16.2. The standard InChI is InChI=1S/C20H27N3O5/c1-2-27-20(26)15-5-7-16(8-6-15)21-18(24)14-22-9-11-23(12-10-22)19(25)17-4-3-13-28-17/h5-8,17H,2-4,9-14H2,1H3,(H,21,24)/t17-/m1/s1. The number of nitrogens with zero attached hydrogens (tertiary/aromatic N) is 2. The number of ether oxygens (including phenoxy) is 2. The molecule has 2 aliphatic heterocycles. The first-order chi connectivity index (χ1) is 13.6. The number of esters is 1. The second-order valence-corrected chi connectivity index (χ2v) is 6.95. The molecule has 2 fully saturated rings. The maximum Gasteiger partial charge on any atom is 0.338 e. The van der Waals surface area contributed by atoms with E-state index in [2.05, 4.69) is 5.32 Å². The zero-order chi connectivity index (χ0) is 19.9. The molecule has 0 unspecified atom stereocenters. The summed E-state index contributed by atoms with van der Waals surface area (Å²) in [6.07, 6.45) is 1.46. The number of benzene rings is 1. The molecule has 28 heavy (non-hydrogen) atoms. The van der Waals surface area contributed by atoms with Gasteiger partial charge in [0, 0.05) is 38.5 Å². The Morgan fingerprint density at radius 3 is 2.46 bits per heavy atom. The van der Waals surface area contributed by atoms with Crippen LogP contribution in [0.4, 0.5) is 5.69 Å². The number of carbonyl (C=O) groups excluding carboxylic acids is 3. The first-order valence-electron chi connectivity index (χ1n) is 9.76. The highest BCUT2D eigenvalue weighted by Crippen LogP contribution is 2.16. The van der Waals surface area contributed by atoms with E-state index in [1.54, 1.807) is 31.2 Å². The third-order valence-electron chi connectivity index (χ3n) is 4.94. The van der Waals surface area contributed by atoms with E-state index in [4.69, 9.17) is 9.47 Å². The molecule has 1 atom stereocenters. The van der Waals surface area contributed by atoms with Crippen molar-refractivity contribution in [2.24, 2.45) is 0 Å². The van der Waals surface area contributed by atoms with Crippen LogP contribution in [0.15, 0.2) is 24.3 Å². The fraction of sp³-hybridized carbons (Fsp3) is 0.550. The van der Waals surface area contributed by atoms with Gasteiger partial charge in [-0.3, -0.25) is 14.5 Å². The molecular weight excluding hydrogens is 362 g/mol. The van der Waals surface area contributed by atoms with E-state index in [0.29, 0.717) is 50.6 Å². The van der Waals surface area contributed by atoms with Crippen molar-refractivity contribution in [3.05, 3.63) is 29.8 Å². The normalized spacial score (nSPS) is 20.0. The second kappa shape index (κ2) is 9.66. The highest BCUT2D eigenvalue weighted by molar-refractivity contribution is 5.94. The lowest BCUT2D eigenvalue weighted by atomic mass is 10.2. The van der Waals surface area contributed by atoms with Crippen LogP contribution in [-0.2, 0) is 19.1 Å². The minimum atomic E-state index is -0.379. The van der Waals surface area contributed by atoms with E-state index in [1.807, 2.05) is 9.80 Å². The Kier molecular flexibility index (Phi) is 7.00. The van der Waals surface area contributed by atoms with Crippen molar-refractivity contribution in [1.82, 2.24) is 9.80 Å². The quantitative estimate of drug-likeness (QED) is 0.734. The largest absolute Gasteiger partial charge is 0.462 e. The maximum absolute atomic E-state index is 12.4.